The molecule has 4 heteroatoms. The summed E-state index contributed by atoms with van der Waals surface area (Å²) in [4.78, 5) is 11.9. The molecule has 116 valence electrons. The molecule has 2 aliphatic carbocycles. The minimum absolute atomic E-state index is 0.0850. The van der Waals surface area contributed by atoms with Crippen molar-refractivity contribution in [3.63, 3.8) is 0 Å². The van der Waals surface area contributed by atoms with Crippen molar-refractivity contribution in [2.75, 3.05) is 0 Å². The van der Waals surface area contributed by atoms with Crippen molar-refractivity contribution >= 4 is 10.8 Å². The fourth-order valence-corrected chi connectivity index (χ4v) is 4.53. The summed E-state index contributed by atoms with van der Waals surface area (Å²) < 4.78 is 0. The summed E-state index contributed by atoms with van der Waals surface area (Å²) in [5, 5.41) is 12.5. The van der Waals surface area contributed by atoms with E-state index in [9.17, 15) is 4.79 Å². The van der Waals surface area contributed by atoms with Gasteiger partial charge in [-0.2, -0.15) is 5.10 Å². The summed E-state index contributed by atoms with van der Waals surface area (Å²) in [6, 6.07) is 9.09. The Morgan fingerprint density at radius 3 is 2.55 bits per heavy atom. The Morgan fingerprint density at radius 2 is 1.86 bits per heavy atom. The van der Waals surface area contributed by atoms with Gasteiger partial charge in [0.25, 0.3) is 5.56 Å². The highest BCUT2D eigenvalue weighted by molar-refractivity contribution is 5.83. The fourth-order valence-electron chi connectivity index (χ4n) is 4.53. The van der Waals surface area contributed by atoms with Crippen LogP contribution in [0, 0.1) is 5.41 Å². The molecule has 0 unspecified atom stereocenters. The van der Waals surface area contributed by atoms with Gasteiger partial charge >= 0.3 is 0 Å². The van der Waals surface area contributed by atoms with Gasteiger partial charge in [-0.25, -0.2) is 5.10 Å². The molecule has 2 aromatic rings. The standard InChI is InChI=1S/C18H23N3O/c1-11(2)19-13-9-18(10-13)7-12(8-18)16-14-5-3-4-6-15(14)17(22)21-20-16/h3-6,11-13,19H,7-10H2,1-2H3,(H,21,22). The molecule has 2 saturated carbocycles. The quantitative estimate of drug-likeness (QED) is 0.916. The number of hydrogen-bond acceptors (Lipinski definition) is 3. The maximum atomic E-state index is 11.9. The third-order valence-corrected chi connectivity index (χ3v) is 5.40. The normalized spacial score (nSPS) is 30.5. The molecule has 2 N–H and O–H groups in total. The van der Waals surface area contributed by atoms with Crippen LogP contribution in [0.15, 0.2) is 29.1 Å². The molecule has 2 fully saturated rings. The van der Waals surface area contributed by atoms with Crippen molar-refractivity contribution in [3.05, 3.63) is 40.3 Å². The van der Waals surface area contributed by atoms with E-state index < -0.39 is 0 Å². The molecule has 0 aliphatic heterocycles. The number of H-pyrrole nitrogens is 1. The first-order valence-electron chi connectivity index (χ1n) is 8.30. The molecule has 22 heavy (non-hydrogen) atoms. The average molecular weight is 297 g/mol. The lowest BCUT2D eigenvalue weighted by molar-refractivity contribution is -0.0239. The maximum absolute atomic E-state index is 11.9. The van der Waals surface area contributed by atoms with Gasteiger partial charge in [0.15, 0.2) is 0 Å². The molecule has 1 aromatic heterocycles. The minimum atomic E-state index is -0.0850. The Bertz CT molecular complexity index is 750. The Hall–Kier alpha value is -1.68. The molecule has 4 rings (SSSR count). The molecule has 1 aromatic carbocycles. The number of benzene rings is 1. The van der Waals surface area contributed by atoms with Crippen molar-refractivity contribution < 1.29 is 0 Å². The van der Waals surface area contributed by atoms with Gasteiger partial charge in [0.05, 0.1) is 11.1 Å². The number of aromatic amines is 1. The Kier molecular flexibility index (Phi) is 3.12. The predicted octanol–water partition coefficient (Wildman–Crippen LogP) is 2.95. The second kappa shape index (κ2) is 4.92. The van der Waals surface area contributed by atoms with E-state index in [0.717, 1.165) is 16.5 Å². The van der Waals surface area contributed by atoms with Gasteiger partial charge < -0.3 is 5.32 Å². The molecule has 1 heterocycles. The van der Waals surface area contributed by atoms with E-state index in [1.165, 1.54) is 25.7 Å². The Balaban J connectivity index is 1.50. The summed E-state index contributed by atoms with van der Waals surface area (Å²) in [6.45, 7) is 4.43. The first-order chi connectivity index (χ1) is 10.6. The van der Waals surface area contributed by atoms with Crippen LogP contribution >= 0.6 is 0 Å². The van der Waals surface area contributed by atoms with E-state index in [0.29, 0.717) is 23.4 Å². The summed E-state index contributed by atoms with van der Waals surface area (Å²) in [6.07, 6.45) is 5.02. The molecule has 4 nitrogen and oxygen atoms in total. The topological polar surface area (TPSA) is 57.8 Å². The van der Waals surface area contributed by atoms with E-state index in [1.54, 1.807) is 0 Å². The minimum Gasteiger partial charge on any atom is -0.312 e. The summed E-state index contributed by atoms with van der Waals surface area (Å²) in [5.41, 5.74) is 1.54. The largest absolute Gasteiger partial charge is 0.312 e. The zero-order chi connectivity index (χ0) is 15.3. The van der Waals surface area contributed by atoms with Gasteiger partial charge in [0, 0.05) is 23.4 Å². The SMILES string of the molecule is CC(C)NC1CC2(C1)CC(c1n[nH]c(=O)c3ccccc13)C2. The summed E-state index contributed by atoms with van der Waals surface area (Å²) >= 11 is 0. The molecule has 0 atom stereocenters. The second-order valence-corrected chi connectivity index (χ2v) is 7.52. The molecule has 0 radical (unpaired) electrons. The maximum Gasteiger partial charge on any atom is 0.272 e. The Morgan fingerprint density at radius 1 is 1.18 bits per heavy atom. The number of hydrogen-bond donors (Lipinski definition) is 2. The average Bonchev–Trinajstić information content (AvgIpc) is 2.41. The highest BCUT2D eigenvalue weighted by atomic mass is 16.1. The van der Waals surface area contributed by atoms with E-state index in [4.69, 9.17) is 0 Å². The van der Waals surface area contributed by atoms with Gasteiger partial charge in [-0.3, -0.25) is 4.79 Å². The zero-order valence-corrected chi connectivity index (χ0v) is 13.2. The Labute approximate surface area is 130 Å². The van der Waals surface area contributed by atoms with Crippen LogP contribution in [0.3, 0.4) is 0 Å². The van der Waals surface area contributed by atoms with Crippen LogP contribution in [0.5, 0.6) is 0 Å². The van der Waals surface area contributed by atoms with Crippen LogP contribution in [-0.4, -0.2) is 22.3 Å². The first-order valence-corrected chi connectivity index (χ1v) is 8.30. The molecule has 1 spiro atoms. The lowest BCUT2D eigenvalue weighted by Gasteiger charge is -2.58. The van der Waals surface area contributed by atoms with E-state index in [-0.39, 0.29) is 5.56 Å². The molecule has 0 bridgehead atoms. The van der Waals surface area contributed by atoms with Crippen molar-refractivity contribution in [1.82, 2.24) is 15.5 Å². The van der Waals surface area contributed by atoms with E-state index >= 15 is 0 Å². The van der Waals surface area contributed by atoms with Crippen molar-refractivity contribution in [2.24, 2.45) is 5.41 Å². The van der Waals surface area contributed by atoms with Gasteiger partial charge in [-0.15, -0.1) is 0 Å². The number of aromatic nitrogens is 2. The van der Waals surface area contributed by atoms with Crippen LogP contribution < -0.4 is 10.9 Å². The third-order valence-electron chi connectivity index (χ3n) is 5.40. The van der Waals surface area contributed by atoms with Crippen molar-refractivity contribution in [3.8, 4) is 0 Å². The summed E-state index contributed by atoms with van der Waals surface area (Å²) in [5.74, 6) is 0.502. The molecular weight excluding hydrogens is 274 g/mol. The number of nitrogens with one attached hydrogen (secondary N) is 2. The monoisotopic (exact) mass is 297 g/mol. The second-order valence-electron chi connectivity index (χ2n) is 7.52. The van der Waals surface area contributed by atoms with Crippen molar-refractivity contribution in [2.45, 2.75) is 57.5 Å². The number of rotatable bonds is 3. The fraction of sp³-hybridized carbons (Fsp3) is 0.556. The van der Waals surface area contributed by atoms with Gasteiger partial charge in [-0.05, 0) is 37.2 Å². The molecule has 0 saturated heterocycles. The highest BCUT2D eigenvalue weighted by Gasteiger charge is 2.53. The number of fused-ring (bicyclic) bond motifs is 1. The lowest BCUT2D eigenvalue weighted by Crippen LogP contribution is -2.55. The molecular formula is C18H23N3O. The zero-order valence-electron chi connectivity index (χ0n) is 13.2. The third kappa shape index (κ3) is 2.17. The first kappa shape index (κ1) is 13.9. The van der Waals surface area contributed by atoms with Crippen LogP contribution in [0.25, 0.3) is 10.8 Å². The van der Waals surface area contributed by atoms with Crippen LogP contribution in [0.2, 0.25) is 0 Å². The van der Waals surface area contributed by atoms with Crippen LogP contribution in [0.4, 0.5) is 0 Å². The predicted molar refractivity (Wildman–Crippen MR) is 88.1 cm³/mol. The molecule has 0 amide bonds. The molecule has 2 aliphatic rings. The van der Waals surface area contributed by atoms with Crippen LogP contribution in [0.1, 0.15) is 51.1 Å². The van der Waals surface area contributed by atoms with Gasteiger partial charge in [-0.1, -0.05) is 32.0 Å². The van der Waals surface area contributed by atoms with Crippen LogP contribution in [-0.2, 0) is 0 Å². The van der Waals surface area contributed by atoms with E-state index in [1.807, 2.05) is 24.3 Å². The van der Waals surface area contributed by atoms with Crippen molar-refractivity contribution in [1.29, 1.82) is 0 Å². The smallest absolute Gasteiger partial charge is 0.272 e. The number of nitrogens with zero attached hydrogens (tertiary/aromatic N) is 1. The lowest BCUT2D eigenvalue weighted by atomic mass is 9.49. The highest BCUT2D eigenvalue weighted by Crippen LogP contribution is 2.62. The van der Waals surface area contributed by atoms with Gasteiger partial charge in [0.2, 0.25) is 0 Å². The summed E-state index contributed by atoms with van der Waals surface area (Å²) in [7, 11) is 0. The van der Waals surface area contributed by atoms with Gasteiger partial charge in [0.1, 0.15) is 0 Å². The van der Waals surface area contributed by atoms with E-state index in [2.05, 4.69) is 29.4 Å².